The Labute approximate surface area is 263 Å². The Bertz CT molecular complexity index is 1730. The SMILES string of the molecule is CC#N.Cc1cc(-c2ccccn2)cc(-c2ccccn2)c1.F[P-](F)(F)(F)(F)F.[Os].c1cnc2c(c1)ccc1cccnc12. The molecule has 6 aromatic rings. The van der Waals surface area contributed by atoms with Gasteiger partial charge in [0.1, 0.15) is 0 Å². The third-order valence-electron chi connectivity index (χ3n) is 5.34. The van der Waals surface area contributed by atoms with E-state index in [2.05, 4.69) is 69.3 Å². The van der Waals surface area contributed by atoms with Crippen LogP contribution in [0.4, 0.5) is 25.2 Å². The van der Waals surface area contributed by atoms with Crippen molar-refractivity contribution in [3.63, 3.8) is 0 Å². The van der Waals surface area contributed by atoms with E-state index in [-0.39, 0.29) is 19.8 Å². The van der Waals surface area contributed by atoms with Crippen LogP contribution >= 0.6 is 7.81 Å². The second-order valence-electron chi connectivity index (χ2n) is 8.92. The first-order chi connectivity index (χ1) is 20.1. The van der Waals surface area contributed by atoms with Crippen molar-refractivity contribution < 1.29 is 45.0 Å². The Morgan fingerprint density at radius 1 is 0.568 bits per heavy atom. The van der Waals surface area contributed by atoms with Crippen molar-refractivity contribution in [1.82, 2.24) is 19.9 Å². The molecule has 0 spiro atoms. The normalized spacial score (nSPS) is 11.8. The molecule has 0 bridgehead atoms. The molecule has 4 heterocycles. The minimum atomic E-state index is -10.7. The van der Waals surface area contributed by atoms with Crippen LogP contribution in [0.25, 0.3) is 44.3 Å². The van der Waals surface area contributed by atoms with Gasteiger partial charge in [0.2, 0.25) is 0 Å². The molecule has 0 aliphatic heterocycles. The number of pyridine rings is 4. The van der Waals surface area contributed by atoms with Crippen LogP contribution in [0, 0.1) is 18.3 Å². The number of hydrogen-bond donors (Lipinski definition) is 0. The van der Waals surface area contributed by atoms with Gasteiger partial charge in [-0.15, -0.1) is 0 Å². The molecule has 0 aliphatic rings. The standard InChI is InChI=1S/C17H14N2.C12H8N2.C2H3N.F6P.Os/c1-13-10-14(16-6-2-4-8-18-16)12-15(11-13)17-7-3-5-9-19-17;1-3-9-5-6-10-4-2-8-14-12(10)11(9)13-7-1;1-2-3;1-7(2,3,4,5)6;/h2-12H,1H3;1-8H;1H3;;/q;;;-1;. The summed E-state index contributed by atoms with van der Waals surface area (Å²) in [4.78, 5) is 17.5. The Balaban J connectivity index is 0.000000238. The van der Waals surface area contributed by atoms with E-state index in [0.29, 0.717) is 0 Å². The molecule has 230 valence electrons. The molecule has 6 rings (SSSR count). The Morgan fingerprint density at radius 3 is 1.27 bits per heavy atom. The van der Waals surface area contributed by atoms with Crippen LogP contribution in [0.5, 0.6) is 0 Å². The van der Waals surface area contributed by atoms with Crippen LogP contribution < -0.4 is 0 Å². The molecule has 0 radical (unpaired) electrons. The zero-order valence-electron chi connectivity index (χ0n) is 23.3. The summed E-state index contributed by atoms with van der Waals surface area (Å²) in [6, 6.07) is 32.2. The number of aromatic nitrogens is 4. The Kier molecular flexibility index (Phi) is 11.8. The predicted octanol–water partition coefficient (Wildman–Crippen LogP) is 10.8. The minimum absolute atomic E-state index is 0. The van der Waals surface area contributed by atoms with Crippen molar-refractivity contribution >= 4 is 29.6 Å². The van der Waals surface area contributed by atoms with Crippen molar-refractivity contribution in [2.75, 3.05) is 0 Å². The molecular weight excluding hydrogens is 778 g/mol. The van der Waals surface area contributed by atoms with Gasteiger partial charge in [-0.2, -0.15) is 5.26 Å². The molecule has 5 nitrogen and oxygen atoms in total. The number of nitrogens with zero attached hydrogens (tertiary/aromatic N) is 5. The number of benzene rings is 2. The molecule has 44 heavy (non-hydrogen) atoms. The van der Waals surface area contributed by atoms with E-state index in [1.807, 2.05) is 60.9 Å². The smallest absolute Gasteiger partial charge is 0.0964 e. The summed E-state index contributed by atoms with van der Waals surface area (Å²) in [6.07, 6.45) is 7.24. The number of nitriles is 1. The number of halogens is 6. The quantitative estimate of drug-likeness (QED) is 0.0990. The van der Waals surface area contributed by atoms with Gasteiger partial charge in [0.05, 0.1) is 28.5 Å². The number of fused-ring (bicyclic) bond motifs is 3. The van der Waals surface area contributed by atoms with Gasteiger partial charge in [-0.1, -0.05) is 36.4 Å². The number of aryl methyl sites for hydroxylation is 1. The van der Waals surface area contributed by atoms with Gasteiger partial charge in [0.25, 0.3) is 0 Å². The Hall–Kier alpha value is -4.30. The molecule has 13 heteroatoms. The number of hydrogen-bond acceptors (Lipinski definition) is 5. The molecular formula is C31H25F6N5OsP-. The van der Waals surface area contributed by atoms with E-state index in [1.165, 1.54) is 12.5 Å². The van der Waals surface area contributed by atoms with Crippen LogP contribution in [-0.4, -0.2) is 19.9 Å². The van der Waals surface area contributed by atoms with E-state index in [0.717, 1.165) is 44.3 Å². The first-order valence-corrected chi connectivity index (χ1v) is 14.6. The fourth-order valence-corrected chi connectivity index (χ4v) is 3.83. The minimum Gasteiger partial charge on any atom is -0.254 e. The zero-order valence-corrected chi connectivity index (χ0v) is 26.7. The third kappa shape index (κ3) is 12.9. The summed E-state index contributed by atoms with van der Waals surface area (Å²) in [5.41, 5.74) is 7.40. The Morgan fingerprint density at radius 2 is 0.932 bits per heavy atom. The maximum absolute atomic E-state index is 10.7. The van der Waals surface area contributed by atoms with Crippen LogP contribution in [0.1, 0.15) is 12.5 Å². The van der Waals surface area contributed by atoms with Gasteiger partial charge in [-0.3, -0.25) is 19.9 Å². The van der Waals surface area contributed by atoms with Crippen molar-refractivity contribution in [2.24, 2.45) is 0 Å². The van der Waals surface area contributed by atoms with E-state index in [1.54, 1.807) is 18.5 Å². The molecule has 0 saturated heterocycles. The van der Waals surface area contributed by atoms with Crippen molar-refractivity contribution in [2.45, 2.75) is 13.8 Å². The van der Waals surface area contributed by atoms with Crippen molar-refractivity contribution in [3.8, 4) is 28.6 Å². The van der Waals surface area contributed by atoms with Gasteiger partial charge >= 0.3 is 33.0 Å². The summed E-state index contributed by atoms with van der Waals surface area (Å²) >= 11 is 0. The first-order valence-electron chi connectivity index (χ1n) is 12.5. The van der Waals surface area contributed by atoms with Crippen LogP contribution in [0.2, 0.25) is 0 Å². The maximum Gasteiger partial charge on any atom is 0.0964 e. The van der Waals surface area contributed by atoms with Crippen LogP contribution in [0.15, 0.2) is 116 Å². The summed E-state index contributed by atoms with van der Waals surface area (Å²) in [6.45, 7) is 3.53. The molecule has 0 aliphatic carbocycles. The summed E-state index contributed by atoms with van der Waals surface area (Å²) < 4.78 is 59.2. The van der Waals surface area contributed by atoms with Gasteiger partial charge < -0.3 is 0 Å². The fourth-order valence-electron chi connectivity index (χ4n) is 3.83. The van der Waals surface area contributed by atoms with E-state index in [9.17, 15) is 25.2 Å². The molecule has 0 atom stereocenters. The average Bonchev–Trinajstić information content (AvgIpc) is 2.97. The van der Waals surface area contributed by atoms with Gasteiger partial charge in [0, 0.05) is 73.4 Å². The monoisotopic (exact) mass is 804 g/mol. The fraction of sp³-hybridized carbons (Fsp3) is 0.0645. The summed E-state index contributed by atoms with van der Waals surface area (Å²) in [5.74, 6) is 0. The van der Waals surface area contributed by atoms with E-state index in [4.69, 9.17) is 5.26 Å². The molecule has 0 unspecified atom stereocenters. The molecule has 4 aromatic heterocycles. The van der Waals surface area contributed by atoms with Crippen LogP contribution in [-0.2, 0) is 19.8 Å². The summed E-state index contributed by atoms with van der Waals surface area (Å²) in [5, 5.41) is 9.59. The van der Waals surface area contributed by atoms with E-state index >= 15 is 0 Å². The van der Waals surface area contributed by atoms with Crippen molar-refractivity contribution in [1.29, 1.82) is 5.26 Å². The van der Waals surface area contributed by atoms with E-state index < -0.39 is 7.81 Å². The predicted molar refractivity (Wildman–Crippen MR) is 160 cm³/mol. The van der Waals surface area contributed by atoms with Crippen molar-refractivity contribution in [3.05, 3.63) is 121 Å². The van der Waals surface area contributed by atoms with Gasteiger partial charge in [-0.05, 0) is 67.1 Å². The zero-order chi connectivity index (χ0) is 31.6. The van der Waals surface area contributed by atoms with Gasteiger partial charge in [-0.25, -0.2) is 0 Å². The molecule has 0 N–H and O–H groups in total. The first kappa shape index (κ1) is 35.9. The largest absolute Gasteiger partial charge is 0.254 e. The van der Waals surface area contributed by atoms with Crippen LogP contribution in [0.3, 0.4) is 0 Å². The third-order valence-corrected chi connectivity index (χ3v) is 5.34. The summed E-state index contributed by atoms with van der Waals surface area (Å²) in [7, 11) is -10.7. The van der Waals surface area contributed by atoms with Gasteiger partial charge in [0.15, 0.2) is 0 Å². The maximum atomic E-state index is 9.87. The molecule has 0 saturated carbocycles. The molecule has 2 aromatic carbocycles. The topological polar surface area (TPSA) is 75.3 Å². The number of rotatable bonds is 2. The molecule has 0 fully saturated rings. The second-order valence-corrected chi connectivity index (χ2v) is 10.8. The molecule has 0 amide bonds. The average molecular weight is 803 g/mol. The second kappa shape index (κ2) is 14.4.